The Kier molecular flexibility index (Phi) is 5.70. The zero-order valence-electron chi connectivity index (χ0n) is 14.4. The van der Waals surface area contributed by atoms with Crippen LogP contribution in [0.25, 0.3) is 0 Å². The Bertz CT molecular complexity index is 497. The van der Waals surface area contributed by atoms with Crippen molar-refractivity contribution in [2.45, 2.75) is 50.9 Å². The first kappa shape index (κ1) is 16.5. The zero-order valence-corrected chi connectivity index (χ0v) is 14.4. The third-order valence-electron chi connectivity index (χ3n) is 5.38. The number of carbonyl (C=O) groups excluding carboxylic acids is 1. The molecule has 0 unspecified atom stereocenters. The van der Waals surface area contributed by atoms with Crippen LogP contribution in [0.5, 0.6) is 0 Å². The van der Waals surface area contributed by atoms with Gasteiger partial charge < -0.3 is 9.47 Å². The van der Waals surface area contributed by atoms with Crippen LogP contribution in [0.1, 0.15) is 56.7 Å². The predicted molar refractivity (Wildman–Crippen MR) is 91.3 cm³/mol. The third kappa shape index (κ3) is 4.34. The standard InChI is InChI=1S/C18H30N4O/c1-20-14-9-19-18(20)16-7-12-22(13-8-16)17(23)15-21-10-5-3-2-4-6-11-21/h9,14,16H,2-8,10-13,15H2,1H3. The van der Waals surface area contributed by atoms with Gasteiger partial charge in [-0.15, -0.1) is 0 Å². The molecule has 0 aromatic carbocycles. The molecule has 3 rings (SSSR count). The van der Waals surface area contributed by atoms with Crippen molar-refractivity contribution in [2.75, 3.05) is 32.7 Å². The number of aromatic nitrogens is 2. The molecule has 0 aliphatic carbocycles. The van der Waals surface area contributed by atoms with E-state index in [4.69, 9.17) is 0 Å². The molecule has 1 aromatic heterocycles. The summed E-state index contributed by atoms with van der Waals surface area (Å²) in [6.07, 6.45) is 12.4. The lowest BCUT2D eigenvalue weighted by molar-refractivity contribution is -0.133. The Hall–Kier alpha value is -1.36. The van der Waals surface area contributed by atoms with Gasteiger partial charge >= 0.3 is 0 Å². The van der Waals surface area contributed by atoms with Gasteiger partial charge in [-0.05, 0) is 38.8 Å². The average molecular weight is 318 g/mol. The smallest absolute Gasteiger partial charge is 0.236 e. The van der Waals surface area contributed by atoms with Crippen molar-refractivity contribution in [1.29, 1.82) is 0 Å². The van der Waals surface area contributed by atoms with Crippen LogP contribution < -0.4 is 0 Å². The molecule has 2 saturated heterocycles. The van der Waals surface area contributed by atoms with Crippen molar-refractivity contribution in [3.8, 4) is 0 Å². The van der Waals surface area contributed by atoms with Gasteiger partial charge in [-0.1, -0.05) is 19.3 Å². The second-order valence-electron chi connectivity index (χ2n) is 7.10. The van der Waals surface area contributed by atoms with E-state index in [1.165, 1.54) is 37.9 Å². The highest BCUT2D eigenvalue weighted by Gasteiger charge is 2.26. The van der Waals surface area contributed by atoms with Crippen LogP contribution in [0, 0.1) is 0 Å². The number of nitrogens with zero attached hydrogens (tertiary/aromatic N) is 4. The number of aryl methyl sites for hydroxylation is 1. The van der Waals surface area contributed by atoms with E-state index >= 15 is 0 Å². The number of rotatable bonds is 3. The minimum Gasteiger partial charge on any atom is -0.342 e. The van der Waals surface area contributed by atoms with Crippen LogP contribution in [0.4, 0.5) is 0 Å². The lowest BCUT2D eigenvalue weighted by Gasteiger charge is -2.33. The monoisotopic (exact) mass is 318 g/mol. The topological polar surface area (TPSA) is 41.4 Å². The molecule has 0 radical (unpaired) electrons. The first-order chi connectivity index (χ1) is 11.2. The molecule has 128 valence electrons. The Morgan fingerprint density at radius 1 is 1.09 bits per heavy atom. The third-order valence-corrected chi connectivity index (χ3v) is 5.38. The zero-order chi connectivity index (χ0) is 16.1. The fourth-order valence-corrected chi connectivity index (χ4v) is 3.92. The van der Waals surface area contributed by atoms with Crippen LogP contribution >= 0.6 is 0 Å². The van der Waals surface area contributed by atoms with E-state index in [2.05, 4.69) is 26.4 Å². The van der Waals surface area contributed by atoms with Crippen molar-refractivity contribution in [1.82, 2.24) is 19.4 Å². The summed E-state index contributed by atoms with van der Waals surface area (Å²) in [5.41, 5.74) is 0. The van der Waals surface area contributed by atoms with E-state index in [-0.39, 0.29) is 0 Å². The molecule has 1 amide bonds. The molecule has 0 bridgehead atoms. The molecule has 0 saturated carbocycles. The Morgan fingerprint density at radius 3 is 2.35 bits per heavy atom. The van der Waals surface area contributed by atoms with E-state index in [0.29, 0.717) is 18.4 Å². The van der Waals surface area contributed by atoms with E-state index in [1.54, 1.807) is 0 Å². The number of likely N-dealkylation sites (tertiary alicyclic amines) is 2. The molecule has 2 fully saturated rings. The fraction of sp³-hybridized carbons (Fsp3) is 0.778. The van der Waals surface area contributed by atoms with Gasteiger partial charge in [0.2, 0.25) is 5.91 Å². The minimum atomic E-state index is 0.323. The Morgan fingerprint density at radius 2 is 1.74 bits per heavy atom. The highest BCUT2D eigenvalue weighted by molar-refractivity contribution is 5.78. The van der Waals surface area contributed by atoms with E-state index in [0.717, 1.165) is 39.0 Å². The van der Waals surface area contributed by atoms with Crippen LogP contribution in [0.2, 0.25) is 0 Å². The largest absolute Gasteiger partial charge is 0.342 e. The molecule has 0 atom stereocenters. The van der Waals surface area contributed by atoms with Gasteiger partial charge in [0.1, 0.15) is 5.82 Å². The maximum Gasteiger partial charge on any atom is 0.236 e. The average Bonchev–Trinajstić information content (AvgIpc) is 2.96. The highest BCUT2D eigenvalue weighted by atomic mass is 16.2. The molecular weight excluding hydrogens is 288 g/mol. The molecule has 2 aliphatic rings. The first-order valence-electron chi connectivity index (χ1n) is 9.21. The lowest BCUT2D eigenvalue weighted by atomic mass is 9.96. The van der Waals surface area contributed by atoms with Crippen LogP contribution in [-0.2, 0) is 11.8 Å². The van der Waals surface area contributed by atoms with Gasteiger partial charge in [-0.2, -0.15) is 0 Å². The van der Waals surface area contributed by atoms with E-state index in [1.807, 2.05) is 12.4 Å². The number of carbonyl (C=O) groups is 1. The maximum absolute atomic E-state index is 12.6. The van der Waals surface area contributed by atoms with Gasteiger partial charge in [0.15, 0.2) is 0 Å². The molecule has 3 heterocycles. The number of hydrogen-bond donors (Lipinski definition) is 0. The summed E-state index contributed by atoms with van der Waals surface area (Å²) >= 11 is 0. The van der Waals surface area contributed by atoms with Crippen LogP contribution in [0.15, 0.2) is 12.4 Å². The summed E-state index contributed by atoms with van der Waals surface area (Å²) in [5.74, 6) is 1.99. The first-order valence-corrected chi connectivity index (χ1v) is 9.21. The predicted octanol–water partition coefficient (Wildman–Crippen LogP) is 2.39. The van der Waals surface area contributed by atoms with Crippen molar-refractivity contribution in [3.05, 3.63) is 18.2 Å². The van der Waals surface area contributed by atoms with Gasteiger partial charge in [-0.25, -0.2) is 4.98 Å². The summed E-state index contributed by atoms with van der Waals surface area (Å²) < 4.78 is 2.11. The quantitative estimate of drug-likeness (QED) is 0.859. The van der Waals surface area contributed by atoms with E-state index < -0.39 is 0 Å². The van der Waals surface area contributed by atoms with Gasteiger partial charge in [-0.3, -0.25) is 9.69 Å². The number of amides is 1. The second-order valence-corrected chi connectivity index (χ2v) is 7.10. The van der Waals surface area contributed by atoms with Gasteiger partial charge in [0.25, 0.3) is 0 Å². The molecule has 5 nitrogen and oxygen atoms in total. The Balaban J connectivity index is 1.47. The normalized spacial score (nSPS) is 21.9. The summed E-state index contributed by atoms with van der Waals surface area (Å²) in [7, 11) is 2.06. The van der Waals surface area contributed by atoms with Gasteiger partial charge in [0, 0.05) is 38.4 Å². The molecule has 0 spiro atoms. The number of hydrogen-bond acceptors (Lipinski definition) is 3. The van der Waals surface area contributed by atoms with E-state index in [9.17, 15) is 4.79 Å². The number of piperidine rings is 1. The molecule has 2 aliphatic heterocycles. The molecule has 5 heteroatoms. The molecule has 1 aromatic rings. The van der Waals surface area contributed by atoms with Crippen LogP contribution in [0.3, 0.4) is 0 Å². The van der Waals surface area contributed by atoms with Gasteiger partial charge in [0.05, 0.1) is 6.54 Å². The summed E-state index contributed by atoms with van der Waals surface area (Å²) in [4.78, 5) is 21.5. The van der Waals surface area contributed by atoms with Crippen molar-refractivity contribution in [2.24, 2.45) is 7.05 Å². The molecule has 23 heavy (non-hydrogen) atoms. The second kappa shape index (κ2) is 7.95. The fourth-order valence-electron chi connectivity index (χ4n) is 3.92. The summed E-state index contributed by atoms with van der Waals surface area (Å²) in [6.45, 7) is 4.56. The Labute approximate surface area is 139 Å². The van der Waals surface area contributed by atoms with Crippen molar-refractivity contribution in [3.63, 3.8) is 0 Å². The van der Waals surface area contributed by atoms with Crippen LogP contribution in [-0.4, -0.2) is 58.0 Å². The van der Waals surface area contributed by atoms with Crippen molar-refractivity contribution >= 4 is 5.91 Å². The molecular formula is C18H30N4O. The highest BCUT2D eigenvalue weighted by Crippen LogP contribution is 2.26. The number of imidazole rings is 1. The lowest BCUT2D eigenvalue weighted by Crippen LogP contribution is -2.44. The SMILES string of the molecule is Cn1ccnc1C1CCN(C(=O)CN2CCCCCCC2)CC1. The van der Waals surface area contributed by atoms with Crippen molar-refractivity contribution < 1.29 is 4.79 Å². The summed E-state index contributed by atoms with van der Waals surface area (Å²) in [6, 6.07) is 0. The minimum absolute atomic E-state index is 0.323. The summed E-state index contributed by atoms with van der Waals surface area (Å²) in [5, 5.41) is 0. The maximum atomic E-state index is 12.6. The molecule has 0 N–H and O–H groups in total.